The van der Waals surface area contributed by atoms with Crippen LogP contribution in [-0.2, 0) is 16.0 Å². The molecule has 2 N–H and O–H groups in total. The number of carbonyl (C=O) groups excluding carboxylic acids is 2. The first-order valence-electron chi connectivity index (χ1n) is 10.6. The topological polar surface area (TPSA) is 91.0 Å². The van der Waals surface area contributed by atoms with Gasteiger partial charge >= 0.3 is 0 Å². The molecule has 1 aliphatic heterocycles. The van der Waals surface area contributed by atoms with E-state index in [1.807, 2.05) is 42.2 Å². The number of nitrogens with zero attached hydrogens (tertiary/aromatic N) is 3. The van der Waals surface area contributed by atoms with Crippen molar-refractivity contribution in [2.75, 3.05) is 13.1 Å². The van der Waals surface area contributed by atoms with E-state index in [1.165, 1.54) is 0 Å². The molecule has 0 radical (unpaired) electrons. The highest BCUT2D eigenvalue weighted by Gasteiger charge is 2.40. The lowest BCUT2D eigenvalue weighted by atomic mass is 10.0. The van der Waals surface area contributed by atoms with E-state index < -0.39 is 0 Å². The third-order valence-corrected chi connectivity index (χ3v) is 6.14. The number of likely N-dealkylation sites (tertiary alicyclic amines) is 1. The summed E-state index contributed by atoms with van der Waals surface area (Å²) in [5.74, 6) is 1.68. The first kappa shape index (κ1) is 19.6. The van der Waals surface area contributed by atoms with E-state index in [1.54, 1.807) is 0 Å². The number of carbonyl (C=O) groups is 2. The average molecular weight is 396 g/mol. The van der Waals surface area contributed by atoms with Crippen molar-refractivity contribution < 1.29 is 9.59 Å². The predicted molar refractivity (Wildman–Crippen MR) is 109 cm³/mol. The SMILES string of the molecule is Cc1nc([C@@H]2CN(C(=O)CCc3ccccc3)C[C@H]2NC(=O)C2CCCC2)n[nH]1. The number of amides is 2. The molecule has 1 aromatic heterocycles. The number of H-pyrrole nitrogens is 1. The summed E-state index contributed by atoms with van der Waals surface area (Å²) in [5.41, 5.74) is 1.16. The summed E-state index contributed by atoms with van der Waals surface area (Å²) in [4.78, 5) is 31.9. The van der Waals surface area contributed by atoms with Crippen molar-refractivity contribution in [3.05, 3.63) is 47.5 Å². The summed E-state index contributed by atoms with van der Waals surface area (Å²) in [5, 5.41) is 10.4. The second-order valence-corrected chi connectivity index (χ2v) is 8.27. The van der Waals surface area contributed by atoms with Crippen LogP contribution < -0.4 is 5.32 Å². The number of aromatic nitrogens is 3. The fourth-order valence-electron chi connectivity index (χ4n) is 4.48. The fourth-order valence-corrected chi connectivity index (χ4v) is 4.48. The number of hydrogen-bond donors (Lipinski definition) is 2. The highest BCUT2D eigenvalue weighted by molar-refractivity contribution is 5.80. The quantitative estimate of drug-likeness (QED) is 0.785. The van der Waals surface area contributed by atoms with Gasteiger partial charge in [-0.3, -0.25) is 14.7 Å². The lowest BCUT2D eigenvalue weighted by molar-refractivity contribution is -0.130. The Bertz CT molecular complexity index is 844. The average Bonchev–Trinajstić information content (AvgIpc) is 3.47. The number of aryl methyl sites for hydroxylation is 2. The molecule has 2 aromatic rings. The normalized spacial score (nSPS) is 22.2. The van der Waals surface area contributed by atoms with Gasteiger partial charge in [-0.25, -0.2) is 4.98 Å². The molecule has 154 valence electrons. The summed E-state index contributed by atoms with van der Waals surface area (Å²) in [6.07, 6.45) is 5.35. The Morgan fingerprint density at radius 2 is 1.93 bits per heavy atom. The minimum Gasteiger partial charge on any atom is -0.351 e. The standard InChI is InChI=1S/C22H29N5O2/c1-15-23-21(26-25-15)18-13-27(20(28)12-11-16-7-3-2-4-8-16)14-19(18)24-22(29)17-9-5-6-10-17/h2-4,7-8,17-19H,5-6,9-14H2,1H3,(H,24,29)(H,23,25,26)/t18-,19-/m1/s1. The number of nitrogens with one attached hydrogen (secondary N) is 2. The molecule has 2 heterocycles. The van der Waals surface area contributed by atoms with Crippen LogP contribution in [0.25, 0.3) is 0 Å². The van der Waals surface area contributed by atoms with Crippen molar-refractivity contribution in [3.63, 3.8) is 0 Å². The van der Waals surface area contributed by atoms with Crippen molar-refractivity contribution in [1.82, 2.24) is 25.4 Å². The molecule has 1 saturated carbocycles. The van der Waals surface area contributed by atoms with Gasteiger partial charge in [-0.1, -0.05) is 43.2 Å². The molecule has 2 aliphatic rings. The highest BCUT2D eigenvalue weighted by atomic mass is 16.2. The summed E-state index contributed by atoms with van der Waals surface area (Å²) in [6.45, 7) is 2.92. The number of benzene rings is 1. The third kappa shape index (κ3) is 4.66. The van der Waals surface area contributed by atoms with Gasteiger partial charge in [0.25, 0.3) is 0 Å². The molecular weight excluding hydrogens is 366 g/mol. The molecule has 2 amide bonds. The molecule has 7 heteroatoms. The molecule has 2 atom stereocenters. The zero-order valence-electron chi connectivity index (χ0n) is 16.9. The Morgan fingerprint density at radius 1 is 1.17 bits per heavy atom. The molecule has 1 aromatic carbocycles. The number of aromatic amines is 1. The molecule has 29 heavy (non-hydrogen) atoms. The summed E-state index contributed by atoms with van der Waals surface area (Å²) >= 11 is 0. The van der Waals surface area contributed by atoms with Gasteiger partial charge < -0.3 is 10.2 Å². The third-order valence-electron chi connectivity index (χ3n) is 6.14. The molecule has 0 unspecified atom stereocenters. The van der Waals surface area contributed by atoms with Gasteiger partial charge in [-0.05, 0) is 31.7 Å². The minimum atomic E-state index is -0.140. The Labute approximate surface area is 171 Å². The zero-order valence-corrected chi connectivity index (χ0v) is 16.9. The minimum absolute atomic E-state index is 0.0778. The van der Waals surface area contributed by atoms with Crippen LogP contribution in [0.1, 0.15) is 55.2 Å². The van der Waals surface area contributed by atoms with E-state index in [4.69, 9.17) is 0 Å². The van der Waals surface area contributed by atoms with Gasteiger partial charge in [-0.15, -0.1) is 0 Å². The summed E-state index contributed by atoms with van der Waals surface area (Å²) in [6, 6.07) is 9.91. The maximum absolute atomic E-state index is 12.9. The van der Waals surface area contributed by atoms with Crippen LogP contribution in [0.15, 0.2) is 30.3 Å². The molecule has 7 nitrogen and oxygen atoms in total. The molecule has 2 fully saturated rings. The lowest BCUT2D eigenvalue weighted by Gasteiger charge is -2.20. The fraction of sp³-hybridized carbons (Fsp3) is 0.545. The van der Waals surface area contributed by atoms with Crippen molar-refractivity contribution in [1.29, 1.82) is 0 Å². The molecular formula is C22H29N5O2. The van der Waals surface area contributed by atoms with Crippen LogP contribution >= 0.6 is 0 Å². The Hall–Kier alpha value is -2.70. The second kappa shape index (κ2) is 8.76. The van der Waals surface area contributed by atoms with Gasteiger partial charge in [0.2, 0.25) is 11.8 Å². The number of hydrogen-bond acceptors (Lipinski definition) is 4. The van der Waals surface area contributed by atoms with Crippen molar-refractivity contribution in [3.8, 4) is 0 Å². The van der Waals surface area contributed by atoms with E-state index in [0.717, 1.165) is 43.5 Å². The number of rotatable bonds is 6. The van der Waals surface area contributed by atoms with Crippen LogP contribution in [0, 0.1) is 12.8 Å². The maximum atomic E-state index is 12.9. The Kier molecular flexibility index (Phi) is 5.92. The van der Waals surface area contributed by atoms with Gasteiger partial charge in [-0.2, -0.15) is 5.10 Å². The predicted octanol–water partition coefficient (Wildman–Crippen LogP) is 2.35. The van der Waals surface area contributed by atoms with Crippen LogP contribution in [0.2, 0.25) is 0 Å². The van der Waals surface area contributed by atoms with Crippen LogP contribution in [0.4, 0.5) is 0 Å². The van der Waals surface area contributed by atoms with Crippen molar-refractivity contribution in [2.24, 2.45) is 5.92 Å². The molecule has 1 aliphatic carbocycles. The van der Waals surface area contributed by atoms with Gasteiger partial charge in [0, 0.05) is 25.4 Å². The molecule has 4 rings (SSSR count). The van der Waals surface area contributed by atoms with Gasteiger partial charge in [0.15, 0.2) is 5.82 Å². The Morgan fingerprint density at radius 3 is 2.62 bits per heavy atom. The van der Waals surface area contributed by atoms with Crippen molar-refractivity contribution in [2.45, 2.75) is 57.4 Å². The van der Waals surface area contributed by atoms with Gasteiger partial charge in [0.05, 0.1) is 12.0 Å². The van der Waals surface area contributed by atoms with Gasteiger partial charge in [0.1, 0.15) is 5.82 Å². The highest BCUT2D eigenvalue weighted by Crippen LogP contribution is 2.29. The summed E-state index contributed by atoms with van der Waals surface area (Å²) < 4.78 is 0. The molecule has 0 spiro atoms. The smallest absolute Gasteiger partial charge is 0.223 e. The van der Waals surface area contributed by atoms with E-state index in [9.17, 15) is 9.59 Å². The monoisotopic (exact) mass is 395 g/mol. The van der Waals surface area contributed by atoms with E-state index in [-0.39, 0.29) is 29.7 Å². The van der Waals surface area contributed by atoms with E-state index in [2.05, 4.69) is 20.5 Å². The molecule has 0 bridgehead atoms. The lowest BCUT2D eigenvalue weighted by Crippen LogP contribution is -2.43. The van der Waals surface area contributed by atoms with Crippen LogP contribution in [-0.4, -0.2) is 51.0 Å². The summed E-state index contributed by atoms with van der Waals surface area (Å²) in [7, 11) is 0. The first-order chi connectivity index (χ1) is 14.1. The van der Waals surface area contributed by atoms with Crippen LogP contribution in [0.5, 0.6) is 0 Å². The van der Waals surface area contributed by atoms with Crippen LogP contribution in [0.3, 0.4) is 0 Å². The molecule has 1 saturated heterocycles. The van der Waals surface area contributed by atoms with E-state index >= 15 is 0 Å². The largest absolute Gasteiger partial charge is 0.351 e. The second-order valence-electron chi connectivity index (χ2n) is 8.27. The Balaban J connectivity index is 1.42. The zero-order chi connectivity index (χ0) is 20.2. The van der Waals surface area contributed by atoms with E-state index in [0.29, 0.717) is 25.3 Å². The van der Waals surface area contributed by atoms with Crippen molar-refractivity contribution >= 4 is 11.8 Å². The maximum Gasteiger partial charge on any atom is 0.223 e. The first-order valence-corrected chi connectivity index (χ1v) is 10.6.